The highest BCUT2D eigenvalue weighted by molar-refractivity contribution is 5.48. The van der Waals surface area contributed by atoms with E-state index in [0.717, 1.165) is 61.0 Å². The van der Waals surface area contributed by atoms with E-state index in [4.69, 9.17) is 9.47 Å². The van der Waals surface area contributed by atoms with Crippen molar-refractivity contribution < 1.29 is 19.7 Å². The number of hydrogen-bond donors (Lipinski definition) is 2. The average molecular weight is 505 g/mol. The monoisotopic (exact) mass is 504 g/mol. The van der Waals surface area contributed by atoms with Crippen LogP contribution in [0.4, 0.5) is 0 Å². The molecule has 1 aliphatic carbocycles. The average Bonchev–Trinajstić information content (AvgIpc) is 2.88. The molecule has 5 heteroatoms. The summed E-state index contributed by atoms with van der Waals surface area (Å²) in [5.74, 6) is 1.91. The number of phenolic OH excluding ortho intramolecular Hbond substituents is 1. The van der Waals surface area contributed by atoms with E-state index in [1.54, 1.807) is 12.1 Å². The maximum absolute atomic E-state index is 12.4. The lowest BCUT2D eigenvalue weighted by molar-refractivity contribution is -0.0359. The standard InChI is InChI=1S/C32H40O5/c1-19-12-23(33)16-28-25(19)15-22-18-30(3,4)9-7-10-31(5)21(8-11-32(22,6)36-28)14-24-20(2)13-26(34)27(35)17-29(24)37-31/h7,9,12-13,16-17,21-22,33H,8,10-11,14-15,18H2,1-6H3,(H,34,35)/t21-,22+,31+,32-/m0/s1. The molecule has 4 atom stereocenters. The Balaban J connectivity index is 1.57. The van der Waals surface area contributed by atoms with Crippen LogP contribution in [0.5, 0.6) is 23.0 Å². The summed E-state index contributed by atoms with van der Waals surface area (Å²) in [4.78, 5) is 12.4. The molecule has 2 N–H and O–H groups in total. The predicted molar refractivity (Wildman–Crippen MR) is 146 cm³/mol. The van der Waals surface area contributed by atoms with Crippen LogP contribution in [0.1, 0.15) is 75.6 Å². The normalized spacial score (nSPS) is 30.3. The zero-order valence-electron chi connectivity index (χ0n) is 23.0. The second-order valence-corrected chi connectivity index (χ2v) is 12.8. The SMILES string of the molecule is Cc1cc(O)c(=O)cc2c1C[C@@H]1CC[C@]3(C)Oc4cc(O)cc(C)c4C[C@@H]3CC(C)(C)C=CC[C@@]1(C)O2. The molecule has 0 spiro atoms. The van der Waals surface area contributed by atoms with E-state index >= 15 is 0 Å². The number of ether oxygens (including phenoxy) is 2. The van der Waals surface area contributed by atoms with E-state index in [1.807, 2.05) is 13.0 Å². The van der Waals surface area contributed by atoms with Gasteiger partial charge in [0.1, 0.15) is 28.5 Å². The molecule has 2 aromatic carbocycles. The molecule has 0 unspecified atom stereocenters. The Bertz CT molecular complexity index is 1330. The second-order valence-electron chi connectivity index (χ2n) is 12.8. The van der Waals surface area contributed by atoms with E-state index in [9.17, 15) is 15.0 Å². The molecule has 0 bridgehead atoms. The van der Waals surface area contributed by atoms with Crippen molar-refractivity contribution in [1.29, 1.82) is 0 Å². The van der Waals surface area contributed by atoms with Crippen LogP contribution in [0.15, 0.2) is 41.2 Å². The fourth-order valence-corrected chi connectivity index (χ4v) is 6.84. The summed E-state index contributed by atoms with van der Waals surface area (Å²) in [6, 6.07) is 6.61. The molecule has 5 nitrogen and oxygen atoms in total. The van der Waals surface area contributed by atoms with Crippen molar-refractivity contribution in [3.63, 3.8) is 0 Å². The molecule has 0 radical (unpaired) electrons. The summed E-state index contributed by atoms with van der Waals surface area (Å²) in [5, 5.41) is 20.4. The van der Waals surface area contributed by atoms with E-state index in [0.29, 0.717) is 11.7 Å². The smallest absolute Gasteiger partial charge is 0.223 e. The first-order chi connectivity index (χ1) is 17.3. The summed E-state index contributed by atoms with van der Waals surface area (Å²) in [5.41, 5.74) is 2.83. The molecule has 0 saturated heterocycles. The number of benzene rings is 1. The number of aromatic hydroxyl groups is 2. The molecule has 2 aliphatic heterocycles. The Morgan fingerprint density at radius 2 is 1.46 bits per heavy atom. The predicted octanol–water partition coefficient (Wildman–Crippen LogP) is 6.55. The summed E-state index contributed by atoms with van der Waals surface area (Å²) < 4.78 is 13.5. The Morgan fingerprint density at radius 3 is 2.19 bits per heavy atom. The van der Waals surface area contributed by atoms with Gasteiger partial charge in [0.25, 0.3) is 0 Å². The topological polar surface area (TPSA) is 76.0 Å². The minimum atomic E-state index is -0.486. The van der Waals surface area contributed by atoms with Gasteiger partial charge in [-0.1, -0.05) is 26.0 Å². The second kappa shape index (κ2) is 8.82. The van der Waals surface area contributed by atoms with Gasteiger partial charge in [0, 0.05) is 30.4 Å². The van der Waals surface area contributed by atoms with Crippen LogP contribution >= 0.6 is 0 Å². The Labute approximate surface area is 220 Å². The summed E-state index contributed by atoms with van der Waals surface area (Å²) in [7, 11) is 0. The fourth-order valence-electron chi connectivity index (χ4n) is 6.84. The van der Waals surface area contributed by atoms with Gasteiger partial charge in [-0.25, -0.2) is 0 Å². The van der Waals surface area contributed by atoms with Gasteiger partial charge in [-0.2, -0.15) is 0 Å². The maximum atomic E-state index is 12.4. The van der Waals surface area contributed by atoms with Gasteiger partial charge in [0.05, 0.1) is 0 Å². The lowest BCUT2D eigenvalue weighted by Gasteiger charge is -2.47. The molecule has 5 rings (SSSR count). The molecule has 0 fully saturated rings. The van der Waals surface area contributed by atoms with Crippen molar-refractivity contribution in [2.75, 3.05) is 0 Å². The Kier molecular flexibility index (Phi) is 6.12. The van der Waals surface area contributed by atoms with Gasteiger partial charge in [-0.15, -0.1) is 0 Å². The molecule has 0 aromatic heterocycles. The largest absolute Gasteiger partial charge is 0.508 e. The molecule has 198 valence electrons. The first-order valence-electron chi connectivity index (χ1n) is 13.5. The number of phenols is 1. The van der Waals surface area contributed by atoms with Crippen LogP contribution < -0.4 is 14.9 Å². The van der Waals surface area contributed by atoms with Gasteiger partial charge in [0.15, 0.2) is 5.75 Å². The molecule has 37 heavy (non-hydrogen) atoms. The number of aryl methyl sites for hydroxylation is 2. The molecule has 3 aliphatic rings. The minimum Gasteiger partial charge on any atom is -0.508 e. The van der Waals surface area contributed by atoms with E-state index in [2.05, 4.69) is 46.8 Å². The molecule has 0 saturated carbocycles. The van der Waals surface area contributed by atoms with Crippen molar-refractivity contribution in [1.82, 2.24) is 0 Å². The van der Waals surface area contributed by atoms with E-state index < -0.39 is 11.0 Å². The van der Waals surface area contributed by atoms with Crippen LogP contribution in [-0.2, 0) is 12.8 Å². The fraction of sp³-hybridized carbons (Fsp3) is 0.531. The zero-order valence-corrected chi connectivity index (χ0v) is 23.0. The van der Waals surface area contributed by atoms with Crippen LogP contribution in [0.25, 0.3) is 0 Å². The number of rotatable bonds is 0. The van der Waals surface area contributed by atoms with Crippen molar-refractivity contribution in [2.24, 2.45) is 17.3 Å². The number of allylic oxidation sites excluding steroid dienone is 1. The number of fused-ring (bicyclic) bond motifs is 4. The lowest BCUT2D eigenvalue weighted by atomic mass is 9.68. The highest BCUT2D eigenvalue weighted by Gasteiger charge is 2.47. The Hall–Kier alpha value is -2.95. The van der Waals surface area contributed by atoms with Gasteiger partial charge >= 0.3 is 0 Å². The molecule has 2 heterocycles. The molecule has 2 aromatic rings. The first kappa shape index (κ1) is 25.7. The van der Waals surface area contributed by atoms with E-state index in [1.165, 1.54) is 11.6 Å². The highest BCUT2D eigenvalue weighted by Crippen LogP contribution is 2.50. The zero-order chi connectivity index (χ0) is 26.8. The highest BCUT2D eigenvalue weighted by atomic mass is 16.5. The minimum absolute atomic E-state index is 0.0304. The molecular formula is C32H40O5. The van der Waals surface area contributed by atoms with E-state index in [-0.39, 0.29) is 28.4 Å². The van der Waals surface area contributed by atoms with Gasteiger partial charge < -0.3 is 19.7 Å². The molecule has 0 amide bonds. The van der Waals surface area contributed by atoms with Crippen LogP contribution in [0.3, 0.4) is 0 Å². The quantitative estimate of drug-likeness (QED) is 0.398. The van der Waals surface area contributed by atoms with Crippen LogP contribution in [0, 0.1) is 31.1 Å². The third kappa shape index (κ3) is 4.73. The number of hydrogen-bond acceptors (Lipinski definition) is 5. The maximum Gasteiger partial charge on any atom is 0.223 e. The summed E-state index contributed by atoms with van der Waals surface area (Å²) in [6.07, 6.45) is 9.78. The third-order valence-corrected chi connectivity index (χ3v) is 9.23. The van der Waals surface area contributed by atoms with Crippen molar-refractivity contribution >= 4 is 0 Å². The first-order valence-corrected chi connectivity index (χ1v) is 13.5. The third-order valence-electron chi connectivity index (χ3n) is 9.23. The van der Waals surface area contributed by atoms with Gasteiger partial charge in [0.2, 0.25) is 5.43 Å². The Morgan fingerprint density at radius 1 is 0.838 bits per heavy atom. The van der Waals surface area contributed by atoms with Crippen molar-refractivity contribution in [3.8, 4) is 23.0 Å². The van der Waals surface area contributed by atoms with Crippen LogP contribution in [-0.4, -0.2) is 21.4 Å². The lowest BCUT2D eigenvalue weighted by Crippen LogP contribution is -2.49. The summed E-state index contributed by atoms with van der Waals surface area (Å²) >= 11 is 0. The van der Waals surface area contributed by atoms with Crippen molar-refractivity contribution in [2.45, 2.75) is 91.3 Å². The summed E-state index contributed by atoms with van der Waals surface area (Å²) in [6.45, 7) is 12.9. The molecular weight excluding hydrogens is 464 g/mol. The van der Waals surface area contributed by atoms with Crippen LogP contribution in [0.2, 0.25) is 0 Å². The van der Waals surface area contributed by atoms with Crippen molar-refractivity contribution in [3.05, 3.63) is 68.9 Å². The van der Waals surface area contributed by atoms with Gasteiger partial charge in [-0.3, -0.25) is 4.79 Å². The van der Waals surface area contributed by atoms with Gasteiger partial charge in [-0.05, 0) is 99.6 Å².